The first-order chi connectivity index (χ1) is 10.1. The van der Waals surface area contributed by atoms with E-state index in [1.165, 1.54) is 6.07 Å². The standard InChI is InChI=1S/C15H11F2NO3/c16-15(17)21-12-8-4-2-6-10(12)14-18-13(19)9-5-1-3-7-11(9)20-14/h1-8,14-15H,(H,18,19). The zero-order chi connectivity index (χ0) is 14.8. The van der Waals surface area contributed by atoms with Gasteiger partial charge in [0, 0.05) is 0 Å². The molecule has 0 saturated heterocycles. The van der Waals surface area contributed by atoms with Gasteiger partial charge < -0.3 is 14.8 Å². The highest BCUT2D eigenvalue weighted by Crippen LogP contribution is 2.33. The molecule has 0 aromatic heterocycles. The molecular formula is C15H11F2NO3. The minimum Gasteiger partial charge on any atom is -0.465 e. The van der Waals surface area contributed by atoms with Gasteiger partial charge in [0.25, 0.3) is 5.91 Å². The lowest BCUT2D eigenvalue weighted by molar-refractivity contribution is -0.0515. The molecule has 1 heterocycles. The largest absolute Gasteiger partial charge is 0.465 e. The molecule has 0 radical (unpaired) electrons. The van der Waals surface area contributed by atoms with Crippen LogP contribution in [0.25, 0.3) is 0 Å². The van der Waals surface area contributed by atoms with Crippen LogP contribution >= 0.6 is 0 Å². The first kappa shape index (κ1) is 13.4. The van der Waals surface area contributed by atoms with Gasteiger partial charge in [-0.1, -0.05) is 24.3 Å². The number of alkyl halides is 2. The number of carbonyl (C=O) groups excluding carboxylic acids is 1. The van der Waals surface area contributed by atoms with Crippen LogP contribution in [0.2, 0.25) is 0 Å². The van der Waals surface area contributed by atoms with E-state index >= 15 is 0 Å². The Hall–Kier alpha value is -2.63. The fraction of sp³-hybridized carbons (Fsp3) is 0.133. The van der Waals surface area contributed by atoms with Gasteiger partial charge in [-0.2, -0.15) is 8.78 Å². The number of carbonyl (C=O) groups is 1. The number of nitrogens with one attached hydrogen (secondary N) is 1. The molecule has 3 rings (SSSR count). The van der Waals surface area contributed by atoms with Crippen LogP contribution in [0, 0.1) is 0 Å². The van der Waals surface area contributed by atoms with Crippen molar-refractivity contribution in [3.05, 3.63) is 59.7 Å². The summed E-state index contributed by atoms with van der Waals surface area (Å²) in [5.74, 6) is 0.0454. The summed E-state index contributed by atoms with van der Waals surface area (Å²) in [4.78, 5) is 12.0. The van der Waals surface area contributed by atoms with E-state index in [0.29, 0.717) is 16.9 Å². The number of halogens is 2. The average molecular weight is 291 g/mol. The number of rotatable bonds is 3. The van der Waals surface area contributed by atoms with E-state index < -0.39 is 12.8 Å². The SMILES string of the molecule is O=C1NC(c2ccccc2OC(F)F)Oc2ccccc21. The summed E-state index contributed by atoms with van der Waals surface area (Å²) in [5, 5.41) is 2.62. The van der Waals surface area contributed by atoms with Crippen LogP contribution < -0.4 is 14.8 Å². The summed E-state index contributed by atoms with van der Waals surface area (Å²) < 4.78 is 35.0. The quantitative estimate of drug-likeness (QED) is 0.945. The Balaban J connectivity index is 1.94. The van der Waals surface area contributed by atoms with E-state index in [-0.39, 0.29) is 11.7 Å². The molecule has 1 atom stereocenters. The summed E-state index contributed by atoms with van der Waals surface area (Å²) in [7, 11) is 0. The molecule has 0 saturated carbocycles. The normalized spacial score (nSPS) is 16.9. The van der Waals surface area contributed by atoms with Crippen molar-refractivity contribution in [3.8, 4) is 11.5 Å². The van der Waals surface area contributed by atoms with Crippen molar-refractivity contribution in [2.24, 2.45) is 0 Å². The van der Waals surface area contributed by atoms with Crippen molar-refractivity contribution in [2.45, 2.75) is 12.8 Å². The number of para-hydroxylation sites is 2. The Morgan fingerprint density at radius 1 is 1.10 bits per heavy atom. The first-order valence-electron chi connectivity index (χ1n) is 6.25. The van der Waals surface area contributed by atoms with Crippen molar-refractivity contribution in [3.63, 3.8) is 0 Å². The van der Waals surface area contributed by atoms with Gasteiger partial charge in [0.2, 0.25) is 6.23 Å². The molecule has 0 fully saturated rings. The van der Waals surface area contributed by atoms with Crippen LogP contribution in [0.1, 0.15) is 22.1 Å². The van der Waals surface area contributed by atoms with Crippen molar-refractivity contribution < 1.29 is 23.0 Å². The minimum atomic E-state index is -2.95. The van der Waals surface area contributed by atoms with E-state index in [0.717, 1.165) is 0 Å². The second-order valence-electron chi connectivity index (χ2n) is 4.38. The van der Waals surface area contributed by atoms with E-state index in [4.69, 9.17) is 4.74 Å². The highest BCUT2D eigenvalue weighted by atomic mass is 19.3. The second kappa shape index (κ2) is 5.40. The number of amides is 1. The highest BCUT2D eigenvalue weighted by Gasteiger charge is 2.28. The Morgan fingerprint density at radius 3 is 2.62 bits per heavy atom. The molecule has 4 nitrogen and oxygen atoms in total. The maximum absolute atomic E-state index is 12.4. The summed E-state index contributed by atoms with van der Waals surface area (Å²) in [5.41, 5.74) is 0.738. The van der Waals surface area contributed by atoms with E-state index in [9.17, 15) is 13.6 Å². The number of hydrogen-bond acceptors (Lipinski definition) is 3. The summed E-state index contributed by atoms with van der Waals surface area (Å²) in [6.07, 6.45) is -0.873. The fourth-order valence-corrected chi connectivity index (χ4v) is 2.15. The second-order valence-corrected chi connectivity index (χ2v) is 4.38. The molecule has 0 spiro atoms. The highest BCUT2D eigenvalue weighted by molar-refractivity contribution is 5.98. The number of benzene rings is 2. The van der Waals surface area contributed by atoms with Gasteiger partial charge in [0.05, 0.1) is 11.1 Å². The predicted molar refractivity (Wildman–Crippen MR) is 70.4 cm³/mol. The molecule has 0 aliphatic carbocycles. The number of ether oxygens (including phenoxy) is 2. The zero-order valence-corrected chi connectivity index (χ0v) is 10.8. The topological polar surface area (TPSA) is 47.6 Å². The van der Waals surface area contributed by atoms with Gasteiger partial charge in [-0.25, -0.2) is 0 Å². The molecule has 1 unspecified atom stereocenters. The van der Waals surface area contributed by atoms with Gasteiger partial charge >= 0.3 is 6.61 Å². The molecule has 1 N–H and O–H groups in total. The molecule has 2 aromatic carbocycles. The van der Waals surface area contributed by atoms with Gasteiger partial charge in [0.15, 0.2) is 0 Å². The van der Waals surface area contributed by atoms with Gasteiger partial charge in [-0.05, 0) is 24.3 Å². The zero-order valence-electron chi connectivity index (χ0n) is 10.8. The maximum atomic E-state index is 12.4. The third-order valence-electron chi connectivity index (χ3n) is 3.06. The van der Waals surface area contributed by atoms with Crippen LogP contribution in [0.5, 0.6) is 11.5 Å². The lowest BCUT2D eigenvalue weighted by Gasteiger charge is -2.28. The number of hydrogen-bond donors (Lipinski definition) is 1. The molecular weight excluding hydrogens is 280 g/mol. The van der Waals surface area contributed by atoms with Crippen LogP contribution in [0.15, 0.2) is 48.5 Å². The van der Waals surface area contributed by atoms with Crippen molar-refractivity contribution in [2.75, 3.05) is 0 Å². The summed E-state index contributed by atoms with van der Waals surface area (Å²) in [6.45, 7) is -2.95. The van der Waals surface area contributed by atoms with Crippen LogP contribution in [-0.4, -0.2) is 12.5 Å². The van der Waals surface area contributed by atoms with Gasteiger partial charge in [0.1, 0.15) is 11.5 Å². The predicted octanol–water partition coefficient (Wildman–Crippen LogP) is 3.11. The van der Waals surface area contributed by atoms with Crippen molar-refractivity contribution >= 4 is 5.91 Å². The van der Waals surface area contributed by atoms with Crippen molar-refractivity contribution in [1.82, 2.24) is 5.32 Å². The maximum Gasteiger partial charge on any atom is 0.387 e. The fourth-order valence-electron chi connectivity index (χ4n) is 2.15. The summed E-state index contributed by atoms with van der Waals surface area (Å²) >= 11 is 0. The first-order valence-corrected chi connectivity index (χ1v) is 6.25. The van der Waals surface area contributed by atoms with E-state index in [1.54, 1.807) is 42.5 Å². The Morgan fingerprint density at radius 2 is 1.81 bits per heavy atom. The smallest absolute Gasteiger partial charge is 0.387 e. The van der Waals surface area contributed by atoms with E-state index in [1.807, 2.05) is 0 Å². The lowest BCUT2D eigenvalue weighted by atomic mass is 10.1. The Labute approximate surface area is 119 Å². The van der Waals surface area contributed by atoms with Gasteiger partial charge in [-0.3, -0.25) is 4.79 Å². The molecule has 21 heavy (non-hydrogen) atoms. The average Bonchev–Trinajstić information content (AvgIpc) is 2.47. The Kier molecular flexibility index (Phi) is 3.43. The minimum absolute atomic E-state index is 0.0304. The lowest BCUT2D eigenvalue weighted by Crippen LogP contribution is -2.37. The monoisotopic (exact) mass is 291 g/mol. The van der Waals surface area contributed by atoms with Crippen LogP contribution in [0.4, 0.5) is 8.78 Å². The molecule has 6 heteroatoms. The third kappa shape index (κ3) is 2.65. The molecule has 1 amide bonds. The molecule has 2 aromatic rings. The van der Waals surface area contributed by atoms with Gasteiger partial charge in [-0.15, -0.1) is 0 Å². The molecule has 1 aliphatic rings. The van der Waals surface area contributed by atoms with Crippen molar-refractivity contribution in [1.29, 1.82) is 0 Å². The third-order valence-corrected chi connectivity index (χ3v) is 3.06. The molecule has 108 valence electrons. The number of fused-ring (bicyclic) bond motifs is 1. The summed E-state index contributed by atoms with van der Waals surface area (Å²) in [6, 6.07) is 12.9. The van der Waals surface area contributed by atoms with Crippen LogP contribution in [-0.2, 0) is 0 Å². The molecule has 1 aliphatic heterocycles. The Bertz CT molecular complexity index is 675. The van der Waals surface area contributed by atoms with E-state index in [2.05, 4.69) is 10.1 Å². The van der Waals surface area contributed by atoms with Crippen LogP contribution in [0.3, 0.4) is 0 Å². The molecule has 0 bridgehead atoms.